The van der Waals surface area contributed by atoms with Crippen LogP contribution in [0.15, 0.2) is 47.1 Å². The molecular formula is C11H11BrO. The number of benzene rings is 1. The molecule has 0 aliphatic rings. The van der Waals surface area contributed by atoms with E-state index in [1.165, 1.54) is 0 Å². The third kappa shape index (κ3) is 3.19. The predicted molar refractivity (Wildman–Crippen MR) is 57.4 cm³/mol. The van der Waals surface area contributed by atoms with Crippen LogP contribution in [0.3, 0.4) is 0 Å². The van der Waals surface area contributed by atoms with E-state index < -0.39 is 6.10 Å². The van der Waals surface area contributed by atoms with Crippen molar-refractivity contribution in [2.24, 2.45) is 0 Å². The molecule has 13 heavy (non-hydrogen) atoms. The van der Waals surface area contributed by atoms with Gasteiger partial charge in [0.05, 0.1) is 6.10 Å². The Morgan fingerprint density at radius 1 is 1.46 bits per heavy atom. The lowest BCUT2D eigenvalue weighted by atomic mass is 10.1. The number of halogens is 1. The van der Waals surface area contributed by atoms with Gasteiger partial charge in [-0.2, -0.15) is 0 Å². The molecule has 0 amide bonds. The van der Waals surface area contributed by atoms with E-state index in [0.717, 1.165) is 10.0 Å². The highest BCUT2D eigenvalue weighted by molar-refractivity contribution is 9.10. The zero-order chi connectivity index (χ0) is 9.68. The second kappa shape index (κ2) is 5.03. The lowest BCUT2D eigenvalue weighted by Crippen LogP contribution is -1.94. The molecule has 2 heteroatoms. The molecule has 1 rings (SSSR count). The summed E-state index contributed by atoms with van der Waals surface area (Å²) in [5, 5.41) is 9.63. The molecule has 68 valence electrons. The van der Waals surface area contributed by atoms with Crippen LogP contribution in [-0.4, -0.2) is 5.11 Å². The van der Waals surface area contributed by atoms with Gasteiger partial charge in [-0.05, 0) is 23.8 Å². The molecule has 1 aromatic rings. The molecule has 0 bridgehead atoms. The summed E-state index contributed by atoms with van der Waals surface area (Å²) in [6.45, 7) is 3.44. The first-order chi connectivity index (χ1) is 6.24. The van der Waals surface area contributed by atoms with Crippen molar-refractivity contribution < 1.29 is 5.11 Å². The fraction of sp³-hybridized carbons (Fsp3) is 0.182. The van der Waals surface area contributed by atoms with Crippen molar-refractivity contribution in [3.05, 3.63) is 52.7 Å². The van der Waals surface area contributed by atoms with E-state index >= 15 is 0 Å². The van der Waals surface area contributed by atoms with Crippen molar-refractivity contribution in [2.75, 3.05) is 0 Å². The summed E-state index contributed by atoms with van der Waals surface area (Å²) in [5.41, 5.74) is 3.55. The van der Waals surface area contributed by atoms with Crippen molar-refractivity contribution in [1.82, 2.24) is 0 Å². The Morgan fingerprint density at radius 2 is 2.08 bits per heavy atom. The Labute approximate surface area is 86.5 Å². The van der Waals surface area contributed by atoms with Gasteiger partial charge < -0.3 is 5.11 Å². The first kappa shape index (κ1) is 10.3. The van der Waals surface area contributed by atoms with Gasteiger partial charge in [0, 0.05) is 10.9 Å². The van der Waals surface area contributed by atoms with Gasteiger partial charge in [0.25, 0.3) is 0 Å². The van der Waals surface area contributed by atoms with Crippen molar-refractivity contribution in [2.45, 2.75) is 12.5 Å². The van der Waals surface area contributed by atoms with Crippen LogP contribution in [0.1, 0.15) is 18.1 Å². The molecule has 0 fully saturated rings. The Bertz CT molecular complexity index is 309. The van der Waals surface area contributed by atoms with Gasteiger partial charge in [-0.3, -0.25) is 0 Å². The zero-order valence-electron chi connectivity index (χ0n) is 7.20. The van der Waals surface area contributed by atoms with E-state index in [-0.39, 0.29) is 0 Å². The molecule has 1 atom stereocenters. The molecule has 0 aliphatic heterocycles. The topological polar surface area (TPSA) is 20.2 Å². The molecule has 0 saturated carbocycles. The van der Waals surface area contributed by atoms with E-state index in [2.05, 4.69) is 28.2 Å². The largest absolute Gasteiger partial charge is 0.388 e. The molecule has 0 saturated heterocycles. The Hall–Kier alpha value is -0.820. The first-order valence-electron chi connectivity index (χ1n) is 4.02. The van der Waals surface area contributed by atoms with Crippen LogP contribution >= 0.6 is 15.9 Å². The van der Waals surface area contributed by atoms with Crippen molar-refractivity contribution in [3.63, 3.8) is 0 Å². The standard InChI is InChI=1S/C11H11BrO/c1-2-3-4-11(13)9-5-7-10(12)8-6-9/h3,5-8,11,13H,1,4H2. The maximum atomic E-state index is 9.63. The highest BCUT2D eigenvalue weighted by Gasteiger charge is 2.03. The van der Waals surface area contributed by atoms with Gasteiger partial charge in [0.15, 0.2) is 0 Å². The molecule has 0 spiro atoms. The monoisotopic (exact) mass is 238 g/mol. The van der Waals surface area contributed by atoms with Crippen LogP contribution in [0, 0.1) is 0 Å². The maximum Gasteiger partial charge on any atom is 0.0830 e. The van der Waals surface area contributed by atoms with Crippen LogP contribution < -0.4 is 0 Å². The fourth-order valence-electron chi connectivity index (χ4n) is 1.02. The van der Waals surface area contributed by atoms with Crippen molar-refractivity contribution in [3.8, 4) is 0 Å². The number of aliphatic hydroxyl groups excluding tert-OH is 1. The lowest BCUT2D eigenvalue weighted by molar-refractivity contribution is 0.181. The van der Waals surface area contributed by atoms with E-state index in [1.807, 2.05) is 24.3 Å². The number of hydrogen-bond acceptors (Lipinski definition) is 1. The van der Waals surface area contributed by atoms with E-state index in [0.29, 0.717) is 6.42 Å². The third-order valence-electron chi connectivity index (χ3n) is 1.74. The maximum absolute atomic E-state index is 9.63. The van der Waals surface area contributed by atoms with E-state index in [4.69, 9.17) is 0 Å². The number of hydrogen-bond donors (Lipinski definition) is 1. The van der Waals surface area contributed by atoms with Crippen LogP contribution in [-0.2, 0) is 0 Å². The minimum atomic E-state index is -0.456. The molecule has 1 aromatic carbocycles. The SMILES string of the molecule is C=C=CCC(O)c1ccc(Br)cc1. The minimum Gasteiger partial charge on any atom is -0.388 e. The summed E-state index contributed by atoms with van der Waals surface area (Å²) in [6, 6.07) is 7.61. The molecule has 0 aliphatic carbocycles. The first-order valence-corrected chi connectivity index (χ1v) is 4.81. The second-order valence-electron chi connectivity index (χ2n) is 2.71. The van der Waals surface area contributed by atoms with Crippen molar-refractivity contribution >= 4 is 15.9 Å². The van der Waals surface area contributed by atoms with Crippen LogP contribution in [0.2, 0.25) is 0 Å². The third-order valence-corrected chi connectivity index (χ3v) is 2.27. The predicted octanol–water partition coefficient (Wildman–Crippen LogP) is 3.21. The highest BCUT2D eigenvalue weighted by atomic mass is 79.9. The molecule has 1 N–H and O–H groups in total. The molecular weight excluding hydrogens is 228 g/mol. The van der Waals surface area contributed by atoms with Crippen LogP contribution in [0.5, 0.6) is 0 Å². The van der Waals surface area contributed by atoms with Gasteiger partial charge >= 0.3 is 0 Å². The number of rotatable bonds is 3. The second-order valence-corrected chi connectivity index (χ2v) is 3.63. The highest BCUT2D eigenvalue weighted by Crippen LogP contribution is 2.19. The summed E-state index contributed by atoms with van der Waals surface area (Å²) >= 11 is 3.34. The minimum absolute atomic E-state index is 0.456. The quantitative estimate of drug-likeness (QED) is 0.803. The molecule has 0 aromatic heterocycles. The van der Waals surface area contributed by atoms with Crippen molar-refractivity contribution in [1.29, 1.82) is 0 Å². The molecule has 0 radical (unpaired) electrons. The summed E-state index contributed by atoms with van der Waals surface area (Å²) in [6.07, 6.45) is 1.83. The lowest BCUT2D eigenvalue weighted by Gasteiger charge is -2.07. The summed E-state index contributed by atoms with van der Waals surface area (Å²) in [7, 11) is 0. The van der Waals surface area contributed by atoms with Gasteiger partial charge in [0.2, 0.25) is 0 Å². The van der Waals surface area contributed by atoms with Crippen LogP contribution in [0.4, 0.5) is 0 Å². The van der Waals surface area contributed by atoms with Gasteiger partial charge in [-0.1, -0.05) is 34.6 Å². The Kier molecular flexibility index (Phi) is 3.97. The van der Waals surface area contributed by atoms with Gasteiger partial charge in [0.1, 0.15) is 0 Å². The summed E-state index contributed by atoms with van der Waals surface area (Å²) in [5.74, 6) is 0. The molecule has 0 heterocycles. The molecule has 1 unspecified atom stereocenters. The summed E-state index contributed by atoms with van der Waals surface area (Å²) in [4.78, 5) is 0. The number of aliphatic hydroxyl groups is 1. The van der Waals surface area contributed by atoms with E-state index in [9.17, 15) is 5.11 Å². The average Bonchev–Trinajstić information content (AvgIpc) is 2.15. The van der Waals surface area contributed by atoms with Crippen LogP contribution in [0.25, 0.3) is 0 Å². The fourth-order valence-corrected chi connectivity index (χ4v) is 1.28. The summed E-state index contributed by atoms with van der Waals surface area (Å²) < 4.78 is 1.02. The Morgan fingerprint density at radius 3 is 2.62 bits per heavy atom. The Balaban J connectivity index is 2.71. The van der Waals surface area contributed by atoms with Gasteiger partial charge in [-0.25, -0.2) is 0 Å². The van der Waals surface area contributed by atoms with E-state index in [1.54, 1.807) is 6.08 Å². The zero-order valence-corrected chi connectivity index (χ0v) is 8.79. The normalized spacial score (nSPS) is 11.8. The smallest absolute Gasteiger partial charge is 0.0830 e. The molecule has 1 nitrogen and oxygen atoms in total. The average molecular weight is 239 g/mol. The van der Waals surface area contributed by atoms with Gasteiger partial charge in [-0.15, -0.1) is 5.73 Å².